The smallest absolute Gasteiger partial charge is 0.407 e. The minimum Gasteiger partial charge on any atom is -0.481 e. The van der Waals surface area contributed by atoms with Crippen LogP contribution in [0.1, 0.15) is 50.7 Å². The number of carbonyl (C=O) groups excluding carboxylic acids is 1. The zero-order chi connectivity index (χ0) is 18.7. The van der Waals surface area contributed by atoms with Crippen molar-refractivity contribution < 1.29 is 14.3 Å². The van der Waals surface area contributed by atoms with E-state index in [4.69, 9.17) is 9.47 Å². The van der Waals surface area contributed by atoms with Gasteiger partial charge in [0.05, 0.1) is 12.8 Å². The molecule has 1 aromatic carbocycles. The third kappa shape index (κ3) is 4.75. The third-order valence-corrected chi connectivity index (χ3v) is 4.19. The second-order valence-electron chi connectivity index (χ2n) is 7.62. The van der Waals surface area contributed by atoms with Gasteiger partial charge in [-0.25, -0.2) is 9.78 Å². The van der Waals surface area contributed by atoms with Gasteiger partial charge in [0, 0.05) is 17.7 Å². The summed E-state index contributed by atoms with van der Waals surface area (Å²) in [6, 6.07) is 12.1. The van der Waals surface area contributed by atoms with Crippen molar-refractivity contribution in [3.63, 3.8) is 0 Å². The molecule has 138 valence electrons. The Bertz CT molecular complexity index is 775. The molecule has 0 bridgehead atoms. The van der Waals surface area contributed by atoms with Gasteiger partial charge in [-0.05, 0) is 51.2 Å². The number of benzene rings is 1. The summed E-state index contributed by atoms with van der Waals surface area (Å²) >= 11 is 0. The summed E-state index contributed by atoms with van der Waals surface area (Å²) in [5, 5.41) is 2.76. The largest absolute Gasteiger partial charge is 0.481 e. The summed E-state index contributed by atoms with van der Waals surface area (Å²) in [4.78, 5) is 16.4. The van der Waals surface area contributed by atoms with Crippen molar-refractivity contribution >= 4 is 6.09 Å². The molecule has 0 aliphatic heterocycles. The number of nitrogens with zero attached hydrogens (tertiary/aromatic N) is 1. The van der Waals surface area contributed by atoms with Gasteiger partial charge in [-0.2, -0.15) is 0 Å². The van der Waals surface area contributed by atoms with E-state index in [-0.39, 0.29) is 0 Å². The number of pyridine rings is 1. The quantitative estimate of drug-likeness (QED) is 0.848. The molecular formula is C21H26N2O3. The summed E-state index contributed by atoms with van der Waals surface area (Å²) in [5.74, 6) is 1.33. The normalized spacial score (nSPS) is 14.0. The predicted octanol–water partition coefficient (Wildman–Crippen LogP) is 4.66. The van der Waals surface area contributed by atoms with Gasteiger partial charge in [0.15, 0.2) is 0 Å². The van der Waals surface area contributed by atoms with E-state index in [0.717, 1.165) is 22.7 Å². The average molecular weight is 354 g/mol. The standard InChI is InChI=1S/C21H26N2O3/c1-21(2,3)26-20(24)22-13-14-5-7-16(8-6-14)18-12-11-17(15-9-10-15)19(23-18)25-4/h5-8,11-12,15H,9-10,13H2,1-4H3,(H,22,24). The maximum absolute atomic E-state index is 11.7. The van der Waals surface area contributed by atoms with Gasteiger partial charge in [-0.15, -0.1) is 0 Å². The number of hydrogen-bond acceptors (Lipinski definition) is 4. The van der Waals surface area contributed by atoms with Crippen LogP contribution in [0.3, 0.4) is 0 Å². The van der Waals surface area contributed by atoms with Gasteiger partial charge >= 0.3 is 6.09 Å². The molecular weight excluding hydrogens is 328 g/mol. The zero-order valence-corrected chi connectivity index (χ0v) is 15.8. The zero-order valence-electron chi connectivity index (χ0n) is 15.8. The highest BCUT2D eigenvalue weighted by Gasteiger charge is 2.27. The van der Waals surface area contributed by atoms with Crippen LogP contribution < -0.4 is 10.1 Å². The van der Waals surface area contributed by atoms with Crippen LogP contribution in [0, 0.1) is 0 Å². The molecule has 2 aromatic rings. The number of amides is 1. The molecule has 1 aliphatic rings. The highest BCUT2D eigenvalue weighted by atomic mass is 16.6. The van der Waals surface area contributed by atoms with E-state index in [1.807, 2.05) is 51.1 Å². The number of ether oxygens (including phenoxy) is 2. The van der Waals surface area contributed by atoms with Gasteiger partial charge in [0.1, 0.15) is 5.60 Å². The average Bonchev–Trinajstić information content (AvgIpc) is 3.43. The Morgan fingerprint density at radius 2 is 1.85 bits per heavy atom. The van der Waals surface area contributed by atoms with Crippen molar-refractivity contribution in [2.75, 3.05) is 7.11 Å². The topological polar surface area (TPSA) is 60.5 Å². The van der Waals surface area contributed by atoms with E-state index >= 15 is 0 Å². The fourth-order valence-electron chi connectivity index (χ4n) is 2.76. The number of aromatic nitrogens is 1. The van der Waals surface area contributed by atoms with E-state index < -0.39 is 11.7 Å². The van der Waals surface area contributed by atoms with Crippen LogP contribution >= 0.6 is 0 Å². The molecule has 1 heterocycles. The van der Waals surface area contributed by atoms with E-state index in [1.54, 1.807) is 7.11 Å². The first-order valence-corrected chi connectivity index (χ1v) is 8.97. The Labute approximate surface area is 154 Å². The van der Waals surface area contributed by atoms with Gasteiger partial charge in [-0.3, -0.25) is 0 Å². The third-order valence-electron chi connectivity index (χ3n) is 4.19. The summed E-state index contributed by atoms with van der Waals surface area (Å²) in [6.45, 7) is 5.96. The SMILES string of the molecule is COc1nc(-c2ccc(CNC(=O)OC(C)(C)C)cc2)ccc1C1CC1. The van der Waals surface area contributed by atoms with Crippen molar-refractivity contribution in [3.8, 4) is 17.1 Å². The lowest BCUT2D eigenvalue weighted by Gasteiger charge is -2.19. The summed E-state index contributed by atoms with van der Waals surface area (Å²) in [6.07, 6.45) is 2.02. The number of carbonyl (C=O) groups is 1. The van der Waals surface area contributed by atoms with Gasteiger partial charge in [0.2, 0.25) is 5.88 Å². The summed E-state index contributed by atoms with van der Waals surface area (Å²) in [5.41, 5.74) is 3.62. The molecule has 0 atom stereocenters. The van der Waals surface area contributed by atoms with Crippen LogP contribution in [0.5, 0.6) is 5.88 Å². The number of methoxy groups -OCH3 is 1. The molecule has 1 aliphatic carbocycles. The van der Waals surface area contributed by atoms with Crippen LogP contribution in [0.25, 0.3) is 11.3 Å². The fourth-order valence-corrected chi connectivity index (χ4v) is 2.76. The fraction of sp³-hybridized carbons (Fsp3) is 0.429. The Kier molecular flexibility index (Phi) is 5.16. The first-order valence-electron chi connectivity index (χ1n) is 8.97. The Morgan fingerprint density at radius 3 is 2.42 bits per heavy atom. The molecule has 1 saturated carbocycles. The lowest BCUT2D eigenvalue weighted by atomic mass is 10.1. The minimum atomic E-state index is -0.495. The van der Waals surface area contributed by atoms with Crippen molar-refractivity contribution in [3.05, 3.63) is 47.5 Å². The molecule has 0 spiro atoms. The van der Waals surface area contributed by atoms with E-state index in [0.29, 0.717) is 12.5 Å². The van der Waals surface area contributed by atoms with Gasteiger partial charge in [-0.1, -0.05) is 30.3 Å². The molecule has 1 fully saturated rings. The van der Waals surface area contributed by atoms with Crippen molar-refractivity contribution in [1.29, 1.82) is 0 Å². The lowest BCUT2D eigenvalue weighted by Crippen LogP contribution is -2.32. The minimum absolute atomic E-state index is 0.413. The Hall–Kier alpha value is -2.56. The number of nitrogens with one attached hydrogen (secondary N) is 1. The molecule has 0 unspecified atom stereocenters. The number of rotatable bonds is 5. The van der Waals surface area contributed by atoms with E-state index in [1.165, 1.54) is 18.4 Å². The van der Waals surface area contributed by atoms with Crippen molar-refractivity contribution in [1.82, 2.24) is 10.3 Å². The van der Waals surface area contributed by atoms with Crippen molar-refractivity contribution in [2.45, 2.75) is 51.7 Å². The maximum Gasteiger partial charge on any atom is 0.407 e. The molecule has 1 N–H and O–H groups in total. The molecule has 26 heavy (non-hydrogen) atoms. The van der Waals surface area contributed by atoms with E-state index in [2.05, 4.69) is 16.4 Å². The van der Waals surface area contributed by atoms with Crippen LogP contribution in [0.2, 0.25) is 0 Å². The maximum atomic E-state index is 11.7. The molecule has 1 aromatic heterocycles. The molecule has 0 saturated heterocycles. The molecule has 5 nitrogen and oxygen atoms in total. The molecule has 5 heteroatoms. The number of alkyl carbamates (subject to hydrolysis) is 1. The highest BCUT2D eigenvalue weighted by Crippen LogP contribution is 2.44. The second kappa shape index (κ2) is 7.36. The molecule has 1 amide bonds. The van der Waals surface area contributed by atoms with Crippen LogP contribution in [0.15, 0.2) is 36.4 Å². The first-order chi connectivity index (χ1) is 12.4. The van der Waals surface area contributed by atoms with Crippen molar-refractivity contribution in [2.24, 2.45) is 0 Å². The Morgan fingerprint density at radius 1 is 1.15 bits per heavy atom. The highest BCUT2D eigenvalue weighted by molar-refractivity contribution is 5.68. The van der Waals surface area contributed by atoms with Crippen LogP contribution in [-0.4, -0.2) is 23.8 Å². The van der Waals surface area contributed by atoms with E-state index in [9.17, 15) is 4.79 Å². The Balaban J connectivity index is 1.65. The summed E-state index contributed by atoms with van der Waals surface area (Å²) < 4.78 is 10.7. The molecule has 0 radical (unpaired) electrons. The molecule has 3 rings (SSSR count). The summed E-state index contributed by atoms with van der Waals surface area (Å²) in [7, 11) is 1.67. The second-order valence-corrected chi connectivity index (χ2v) is 7.62. The van der Waals surface area contributed by atoms with Gasteiger partial charge in [0.25, 0.3) is 0 Å². The predicted molar refractivity (Wildman–Crippen MR) is 101 cm³/mol. The van der Waals surface area contributed by atoms with Crippen LogP contribution in [0.4, 0.5) is 4.79 Å². The van der Waals surface area contributed by atoms with Gasteiger partial charge < -0.3 is 14.8 Å². The lowest BCUT2D eigenvalue weighted by molar-refractivity contribution is 0.0523. The monoisotopic (exact) mass is 354 g/mol. The number of hydrogen-bond donors (Lipinski definition) is 1. The first kappa shape index (κ1) is 18.2. The van der Waals surface area contributed by atoms with Crippen LogP contribution in [-0.2, 0) is 11.3 Å².